The van der Waals surface area contributed by atoms with E-state index in [-0.39, 0.29) is 17.5 Å². The molecule has 0 radical (unpaired) electrons. The molecule has 4 aromatic rings. The lowest BCUT2D eigenvalue weighted by molar-refractivity contribution is 0.390. The second kappa shape index (κ2) is 10.4. The summed E-state index contributed by atoms with van der Waals surface area (Å²) in [5, 5.41) is 13.0. The van der Waals surface area contributed by atoms with E-state index in [0.717, 1.165) is 12.4 Å². The highest BCUT2D eigenvalue weighted by Crippen LogP contribution is 2.40. The van der Waals surface area contributed by atoms with E-state index in [4.69, 9.17) is 19.3 Å². The average molecular weight is 530 g/mol. The average Bonchev–Trinajstić information content (AvgIpc) is 3.32. The summed E-state index contributed by atoms with van der Waals surface area (Å²) in [6.45, 7) is 1.39. The van der Waals surface area contributed by atoms with Gasteiger partial charge < -0.3 is 14.2 Å². The van der Waals surface area contributed by atoms with Gasteiger partial charge in [0.2, 0.25) is 15.9 Å². The molecule has 0 saturated carbocycles. The number of nitrogens with zero attached hydrogens (tertiary/aromatic N) is 6. The molecule has 12 nitrogen and oxygen atoms in total. The molecule has 4 rings (SSSR count). The van der Waals surface area contributed by atoms with Crippen LogP contribution in [0.15, 0.2) is 48.9 Å². The van der Waals surface area contributed by atoms with Gasteiger partial charge in [0.15, 0.2) is 11.6 Å². The maximum absolute atomic E-state index is 13.7. The number of benzene rings is 1. The summed E-state index contributed by atoms with van der Waals surface area (Å²) in [4.78, 5) is 12.2. The number of hydrogen-bond donors (Lipinski definition) is 1. The van der Waals surface area contributed by atoms with Crippen LogP contribution >= 0.6 is 0 Å². The lowest BCUT2D eigenvalue weighted by atomic mass is 10.0. The minimum atomic E-state index is -4.15. The Hall–Kier alpha value is -4.17. The maximum atomic E-state index is 13.7. The van der Waals surface area contributed by atoms with Gasteiger partial charge in [0.25, 0.3) is 0 Å². The number of para-hydroxylation sites is 1. The number of methoxy groups -OCH3 is 3. The fourth-order valence-corrected chi connectivity index (χ4v) is 4.45. The minimum Gasteiger partial charge on any atom is -0.494 e. The Morgan fingerprint density at radius 1 is 0.973 bits per heavy atom. The van der Waals surface area contributed by atoms with Crippen LogP contribution in [0.5, 0.6) is 17.4 Å². The molecule has 0 bridgehead atoms. The molecular weight excluding hydrogens is 505 g/mol. The number of hydrogen-bond acceptors (Lipinski definition) is 10. The molecule has 0 spiro atoms. The van der Waals surface area contributed by atoms with Crippen molar-refractivity contribution in [1.29, 1.82) is 0 Å². The molecule has 37 heavy (non-hydrogen) atoms. The first-order chi connectivity index (χ1) is 17.7. The molecule has 2 unspecified atom stereocenters. The molecule has 3 aromatic heterocycles. The summed E-state index contributed by atoms with van der Waals surface area (Å²) in [6.07, 6.45) is 3.40. The van der Waals surface area contributed by atoms with Gasteiger partial charge in [-0.3, -0.25) is 4.57 Å². The van der Waals surface area contributed by atoms with Crippen LogP contribution in [-0.4, -0.2) is 64.7 Å². The Morgan fingerprint density at radius 2 is 1.62 bits per heavy atom. The molecule has 194 valence electrons. The van der Waals surface area contributed by atoms with Crippen LogP contribution in [0.3, 0.4) is 0 Å². The molecule has 2 atom stereocenters. The molecule has 0 aliphatic rings. The number of nitrogens with two attached hydrogens (primary N) is 1. The highest BCUT2D eigenvalue weighted by Gasteiger charge is 2.38. The zero-order valence-corrected chi connectivity index (χ0v) is 21.2. The van der Waals surface area contributed by atoms with Gasteiger partial charge in [-0.25, -0.2) is 32.9 Å². The van der Waals surface area contributed by atoms with E-state index in [1.54, 1.807) is 34.9 Å². The minimum absolute atomic E-state index is 0.0238. The highest BCUT2D eigenvalue weighted by molar-refractivity contribution is 7.89. The number of ether oxygens (including phenoxy) is 3. The second-order valence-corrected chi connectivity index (χ2v) is 9.77. The number of sulfonamides is 1. The quantitative estimate of drug-likeness (QED) is 0.340. The Bertz CT molecular complexity index is 1490. The van der Waals surface area contributed by atoms with E-state index in [9.17, 15) is 12.8 Å². The summed E-state index contributed by atoms with van der Waals surface area (Å²) < 4.78 is 56.9. The van der Waals surface area contributed by atoms with Crippen molar-refractivity contribution in [1.82, 2.24) is 29.7 Å². The normalized spacial score (nSPS) is 13.1. The van der Waals surface area contributed by atoms with Gasteiger partial charge in [0.1, 0.15) is 28.8 Å². The first kappa shape index (κ1) is 25.9. The van der Waals surface area contributed by atoms with Crippen molar-refractivity contribution in [2.45, 2.75) is 18.1 Å². The summed E-state index contributed by atoms with van der Waals surface area (Å²) in [7, 11) is 0.276. The molecule has 0 fully saturated rings. The predicted octanol–water partition coefficient (Wildman–Crippen LogP) is 2.09. The maximum Gasteiger partial charge on any atom is 0.213 e. The number of aromatic nitrogens is 6. The molecule has 1 aromatic carbocycles. The highest BCUT2D eigenvalue weighted by atomic mass is 32.2. The number of primary sulfonamides is 1. The zero-order chi connectivity index (χ0) is 26.7. The van der Waals surface area contributed by atoms with Gasteiger partial charge in [0.05, 0.1) is 44.9 Å². The molecule has 0 saturated heterocycles. The van der Waals surface area contributed by atoms with Crippen LogP contribution in [0.1, 0.15) is 24.5 Å². The molecule has 14 heteroatoms. The van der Waals surface area contributed by atoms with Gasteiger partial charge in [-0.15, -0.1) is 10.2 Å². The first-order valence-corrected chi connectivity index (χ1v) is 12.5. The van der Waals surface area contributed by atoms with Gasteiger partial charge in [-0.2, -0.15) is 0 Å². The molecule has 2 N–H and O–H groups in total. The smallest absolute Gasteiger partial charge is 0.213 e. The monoisotopic (exact) mass is 529 g/mol. The standard InChI is InChI=1S/C23H24FN7O5S/c1-13(37(25,32)33)19(21-27-11-15(24)12-28-21)23-30-29-22(14-8-9-26-18(10-14)36-4)31(23)20-16(34-2)6-5-7-17(20)35-3/h5-13,19H,1-4H3,(H2,25,32,33). The Balaban J connectivity index is 2.10. The van der Waals surface area contributed by atoms with E-state index < -0.39 is 27.0 Å². The topological polar surface area (TPSA) is 157 Å². The first-order valence-electron chi connectivity index (χ1n) is 10.9. The van der Waals surface area contributed by atoms with Crippen LogP contribution in [0.25, 0.3) is 17.1 Å². The number of pyridine rings is 1. The summed E-state index contributed by atoms with van der Waals surface area (Å²) in [5.41, 5.74) is 0.924. The van der Waals surface area contributed by atoms with E-state index in [0.29, 0.717) is 28.6 Å². The van der Waals surface area contributed by atoms with Crippen molar-refractivity contribution in [3.63, 3.8) is 0 Å². The third-order valence-corrected chi connectivity index (χ3v) is 7.01. The second-order valence-electron chi connectivity index (χ2n) is 7.85. The Labute approximate surface area is 212 Å². The lowest BCUT2D eigenvalue weighted by Gasteiger charge is -2.23. The molecular formula is C23H24FN7O5S. The largest absolute Gasteiger partial charge is 0.494 e. The summed E-state index contributed by atoms with van der Waals surface area (Å²) >= 11 is 0. The van der Waals surface area contributed by atoms with Crippen molar-refractivity contribution in [2.24, 2.45) is 5.14 Å². The van der Waals surface area contributed by atoms with Crippen LogP contribution in [0, 0.1) is 5.82 Å². The fraction of sp³-hybridized carbons (Fsp3) is 0.261. The van der Waals surface area contributed by atoms with E-state index in [2.05, 4.69) is 25.1 Å². The van der Waals surface area contributed by atoms with Gasteiger partial charge in [-0.05, 0) is 25.1 Å². The predicted molar refractivity (Wildman–Crippen MR) is 131 cm³/mol. The number of rotatable bonds is 9. The van der Waals surface area contributed by atoms with E-state index >= 15 is 0 Å². The SMILES string of the molecule is COc1cc(-c2nnc(C(c3ncc(F)cn3)C(C)S(N)(=O)=O)n2-c2c(OC)cccc2OC)ccn1. The van der Waals surface area contributed by atoms with Crippen molar-refractivity contribution in [3.8, 4) is 34.5 Å². The summed E-state index contributed by atoms with van der Waals surface area (Å²) in [6, 6.07) is 8.45. The third kappa shape index (κ3) is 5.06. The van der Waals surface area contributed by atoms with Gasteiger partial charge in [-0.1, -0.05) is 6.07 Å². The van der Waals surface area contributed by atoms with E-state index in [1.807, 2.05) is 0 Å². The van der Waals surface area contributed by atoms with E-state index in [1.165, 1.54) is 34.4 Å². The zero-order valence-electron chi connectivity index (χ0n) is 20.4. The van der Waals surface area contributed by atoms with Crippen LogP contribution < -0.4 is 19.3 Å². The van der Waals surface area contributed by atoms with Crippen LogP contribution in [0.2, 0.25) is 0 Å². The fourth-order valence-electron chi connectivity index (χ4n) is 3.83. The molecule has 0 aliphatic carbocycles. The lowest BCUT2D eigenvalue weighted by Crippen LogP contribution is -2.34. The van der Waals surface area contributed by atoms with Gasteiger partial charge >= 0.3 is 0 Å². The molecule has 3 heterocycles. The van der Waals surface area contributed by atoms with Crippen molar-refractivity contribution >= 4 is 10.0 Å². The number of halogens is 1. The molecule has 0 aliphatic heterocycles. The third-order valence-electron chi connectivity index (χ3n) is 5.70. The van der Waals surface area contributed by atoms with Crippen LogP contribution in [-0.2, 0) is 10.0 Å². The Kier molecular flexibility index (Phi) is 7.31. The van der Waals surface area contributed by atoms with Gasteiger partial charge in [0, 0.05) is 17.8 Å². The van der Waals surface area contributed by atoms with Crippen LogP contribution in [0.4, 0.5) is 4.39 Å². The summed E-state index contributed by atoms with van der Waals surface area (Å²) in [5.74, 6) is -0.414. The van der Waals surface area contributed by atoms with Crippen molar-refractivity contribution < 1.29 is 27.0 Å². The Morgan fingerprint density at radius 3 is 2.19 bits per heavy atom. The van der Waals surface area contributed by atoms with Crippen molar-refractivity contribution in [3.05, 3.63) is 66.4 Å². The molecule has 0 amide bonds. The van der Waals surface area contributed by atoms with Crippen molar-refractivity contribution in [2.75, 3.05) is 21.3 Å².